The highest BCUT2D eigenvalue weighted by molar-refractivity contribution is 7.80. The van der Waals surface area contributed by atoms with Crippen molar-refractivity contribution in [2.75, 3.05) is 12.3 Å². The normalized spacial score (nSPS) is 14.5. The number of thiol groups is 1. The summed E-state index contributed by atoms with van der Waals surface area (Å²) in [6, 6.07) is -2.73. The van der Waals surface area contributed by atoms with Gasteiger partial charge in [0.25, 0.3) is 0 Å². The van der Waals surface area contributed by atoms with Crippen LogP contribution in [0.25, 0.3) is 0 Å². The van der Waals surface area contributed by atoms with E-state index >= 15 is 0 Å². The van der Waals surface area contributed by atoms with Crippen LogP contribution in [0.15, 0.2) is 0 Å². The number of hydrogen-bond acceptors (Lipinski definition) is 6. The lowest BCUT2D eigenvalue weighted by atomic mass is 10.0. The first-order chi connectivity index (χ1) is 12.0. The third-order valence-corrected chi connectivity index (χ3v) is 3.94. The number of nitrogens with one attached hydrogen (secondary N) is 3. The van der Waals surface area contributed by atoms with E-state index in [2.05, 4.69) is 28.6 Å². The molecule has 26 heavy (non-hydrogen) atoms. The van der Waals surface area contributed by atoms with Crippen molar-refractivity contribution in [2.24, 2.45) is 17.6 Å². The second-order valence-electron chi connectivity index (χ2n) is 6.83. The zero-order chi connectivity index (χ0) is 20.4. The molecule has 150 valence electrons. The quantitative estimate of drug-likeness (QED) is 0.252. The second kappa shape index (κ2) is 11.7. The lowest BCUT2D eigenvalue weighted by Crippen LogP contribution is -2.55. The van der Waals surface area contributed by atoms with Crippen molar-refractivity contribution in [3.05, 3.63) is 0 Å². The van der Waals surface area contributed by atoms with Crippen molar-refractivity contribution in [1.82, 2.24) is 16.0 Å². The zero-order valence-electron chi connectivity index (χ0n) is 15.6. The van der Waals surface area contributed by atoms with Crippen LogP contribution in [0.3, 0.4) is 0 Å². The minimum atomic E-state index is -1.13. The molecule has 0 heterocycles. The fraction of sp³-hybridized carbons (Fsp3) is 0.750. The maximum atomic E-state index is 12.3. The summed E-state index contributed by atoms with van der Waals surface area (Å²) < 4.78 is 0. The highest BCUT2D eigenvalue weighted by Gasteiger charge is 2.27. The van der Waals surface area contributed by atoms with Gasteiger partial charge in [0.1, 0.15) is 12.1 Å². The molecule has 0 fully saturated rings. The first kappa shape index (κ1) is 24.2. The van der Waals surface area contributed by atoms with Gasteiger partial charge in [-0.25, -0.2) is 4.79 Å². The summed E-state index contributed by atoms with van der Waals surface area (Å²) >= 11 is 3.93. The first-order valence-electron chi connectivity index (χ1n) is 8.46. The lowest BCUT2D eigenvalue weighted by Gasteiger charge is -2.23. The van der Waals surface area contributed by atoms with E-state index < -0.39 is 48.4 Å². The molecule has 9 nitrogen and oxygen atoms in total. The number of carbonyl (C=O) groups excluding carboxylic acids is 3. The molecule has 0 aromatic rings. The van der Waals surface area contributed by atoms with E-state index in [1.54, 1.807) is 13.8 Å². The number of carboxylic acids is 1. The Morgan fingerprint density at radius 3 is 2.04 bits per heavy atom. The molecule has 0 spiro atoms. The number of hydrogen-bond donors (Lipinski definition) is 6. The first-order valence-corrected chi connectivity index (χ1v) is 9.09. The van der Waals surface area contributed by atoms with Crippen LogP contribution in [-0.4, -0.2) is 59.2 Å². The maximum Gasteiger partial charge on any atom is 0.326 e. The average molecular weight is 391 g/mol. The summed E-state index contributed by atoms with van der Waals surface area (Å²) in [7, 11) is 0. The van der Waals surface area contributed by atoms with Gasteiger partial charge in [-0.15, -0.1) is 0 Å². The number of rotatable bonds is 11. The van der Waals surface area contributed by atoms with E-state index in [-0.39, 0.29) is 24.0 Å². The van der Waals surface area contributed by atoms with E-state index in [0.29, 0.717) is 0 Å². The van der Waals surface area contributed by atoms with Gasteiger partial charge in [-0.05, 0) is 18.3 Å². The minimum Gasteiger partial charge on any atom is -0.480 e. The number of carbonyl (C=O) groups is 4. The molecule has 0 bridgehead atoms. The van der Waals surface area contributed by atoms with Crippen LogP contribution >= 0.6 is 12.6 Å². The summed E-state index contributed by atoms with van der Waals surface area (Å²) in [5.74, 6) is -2.83. The summed E-state index contributed by atoms with van der Waals surface area (Å²) in [6.07, 6.45) is 0.279. The van der Waals surface area contributed by atoms with E-state index in [1.165, 1.54) is 0 Å². The lowest BCUT2D eigenvalue weighted by molar-refractivity contribution is -0.142. The van der Waals surface area contributed by atoms with Crippen LogP contribution in [-0.2, 0) is 19.2 Å². The molecule has 0 aliphatic rings. The van der Waals surface area contributed by atoms with Crippen molar-refractivity contribution >= 4 is 36.3 Å². The molecule has 3 amide bonds. The van der Waals surface area contributed by atoms with Gasteiger partial charge in [0.05, 0.1) is 12.6 Å². The molecule has 0 radical (unpaired) electrons. The molecule has 0 saturated heterocycles. The second-order valence-corrected chi connectivity index (χ2v) is 7.19. The fourth-order valence-corrected chi connectivity index (χ4v) is 2.26. The van der Waals surface area contributed by atoms with Crippen LogP contribution < -0.4 is 21.7 Å². The van der Waals surface area contributed by atoms with Gasteiger partial charge in [-0.3, -0.25) is 14.4 Å². The number of aliphatic carboxylic acids is 1. The molecule has 0 aliphatic carbocycles. The Morgan fingerprint density at radius 2 is 1.62 bits per heavy atom. The summed E-state index contributed by atoms with van der Waals surface area (Å²) in [5, 5.41) is 16.4. The molecule has 0 saturated carbocycles. The summed E-state index contributed by atoms with van der Waals surface area (Å²) in [5.41, 5.74) is 5.57. The molecule has 10 heteroatoms. The SMILES string of the molecule is CC(C)CC(NC(=O)CNC(=O)C(NC(=O)C(N)CS)C(C)C)C(=O)O. The fourth-order valence-electron chi connectivity index (χ4n) is 2.09. The van der Waals surface area contributed by atoms with Gasteiger partial charge in [-0.1, -0.05) is 27.7 Å². The third-order valence-electron chi connectivity index (χ3n) is 3.54. The Balaban J connectivity index is 4.68. The van der Waals surface area contributed by atoms with Gasteiger partial charge in [0, 0.05) is 5.75 Å². The molecule has 3 atom stereocenters. The van der Waals surface area contributed by atoms with Gasteiger partial charge >= 0.3 is 5.97 Å². The Bertz CT molecular complexity index is 513. The molecule has 0 rings (SSSR count). The molecule has 6 N–H and O–H groups in total. The molecular formula is C16H30N4O5S. The summed E-state index contributed by atoms with van der Waals surface area (Å²) in [4.78, 5) is 47.2. The van der Waals surface area contributed by atoms with Gasteiger partial charge in [0.15, 0.2) is 0 Å². The highest BCUT2D eigenvalue weighted by atomic mass is 32.1. The third kappa shape index (κ3) is 9.04. The number of carboxylic acid groups (broad SMARTS) is 1. The van der Waals surface area contributed by atoms with Crippen LogP contribution in [0, 0.1) is 11.8 Å². The number of nitrogens with two attached hydrogens (primary N) is 1. The average Bonchev–Trinajstić information content (AvgIpc) is 2.54. The van der Waals surface area contributed by atoms with Gasteiger partial charge in [-0.2, -0.15) is 12.6 Å². The maximum absolute atomic E-state index is 12.3. The van der Waals surface area contributed by atoms with Gasteiger partial charge in [0.2, 0.25) is 17.7 Å². The van der Waals surface area contributed by atoms with E-state index in [0.717, 1.165) is 0 Å². The smallest absolute Gasteiger partial charge is 0.326 e. The van der Waals surface area contributed by atoms with Crippen LogP contribution in [0.2, 0.25) is 0 Å². The van der Waals surface area contributed by atoms with E-state index in [9.17, 15) is 19.2 Å². The Morgan fingerprint density at radius 1 is 1.04 bits per heavy atom. The molecule has 0 aromatic heterocycles. The number of amides is 3. The Hall–Kier alpha value is -1.81. The van der Waals surface area contributed by atoms with Crippen molar-refractivity contribution < 1.29 is 24.3 Å². The molecule has 0 aromatic carbocycles. The van der Waals surface area contributed by atoms with Crippen molar-refractivity contribution in [2.45, 2.75) is 52.2 Å². The predicted molar refractivity (Wildman–Crippen MR) is 101 cm³/mol. The predicted octanol–water partition coefficient (Wildman–Crippen LogP) is -0.884. The molecular weight excluding hydrogens is 360 g/mol. The van der Waals surface area contributed by atoms with Crippen molar-refractivity contribution in [1.29, 1.82) is 0 Å². The standard InChI is InChI=1S/C16H30N4O5S/c1-8(2)5-11(16(24)25)19-12(21)6-18-15(23)13(9(3)4)20-14(22)10(17)7-26/h8-11,13,26H,5-7,17H2,1-4H3,(H,18,23)(H,19,21)(H,20,22)(H,24,25). The monoisotopic (exact) mass is 390 g/mol. The minimum absolute atomic E-state index is 0.0857. The summed E-state index contributed by atoms with van der Waals surface area (Å²) in [6.45, 7) is 6.77. The van der Waals surface area contributed by atoms with Crippen molar-refractivity contribution in [3.63, 3.8) is 0 Å². The van der Waals surface area contributed by atoms with Crippen LogP contribution in [0.4, 0.5) is 0 Å². The largest absolute Gasteiger partial charge is 0.480 e. The highest BCUT2D eigenvalue weighted by Crippen LogP contribution is 2.05. The Labute approximate surface area is 159 Å². The molecule has 3 unspecified atom stereocenters. The van der Waals surface area contributed by atoms with E-state index in [4.69, 9.17) is 10.8 Å². The molecule has 0 aliphatic heterocycles. The van der Waals surface area contributed by atoms with Crippen LogP contribution in [0.5, 0.6) is 0 Å². The Kier molecular flexibility index (Phi) is 10.9. The zero-order valence-corrected chi connectivity index (χ0v) is 16.5. The van der Waals surface area contributed by atoms with Crippen molar-refractivity contribution in [3.8, 4) is 0 Å². The topological polar surface area (TPSA) is 151 Å². The van der Waals surface area contributed by atoms with Gasteiger partial charge < -0.3 is 26.8 Å². The van der Waals surface area contributed by atoms with Crippen LogP contribution in [0.1, 0.15) is 34.1 Å². The van der Waals surface area contributed by atoms with E-state index in [1.807, 2.05) is 13.8 Å².